The smallest absolute Gasteiger partial charge is 0.171 e. The molecule has 0 atom stereocenters. The molecule has 3 rings (SSSR count). The third-order valence-corrected chi connectivity index (χ3v) is 3.89. The molecule has 0 N–H and O–H groups in total. The van der Waals surface area contributed by atoms with Gasteiger partial charge in [-0.25, -0.2) is 4.39 Å². The van der Waals surface area contributed by atoms with E-state index in [-0.39, 0.29) is 18.0 Å². The lowest BCUT2D eigenvalue weighted by Crippen LogP contribution is -2.03. The first-order chi connectivity index (χ1) is 9.65. The number of halogens is 2. The Labute approximate surface area is 123 Å². The summed E-state index contributed by atoms with van der Waals surface area (Å²) in [6.45, 7) is 0. The molecule has 20 heavy (non-hydrogen) atoms. The fourth-order valence-electron chi connectivity index (χ4n) is 2.13. The molecular formula is C16H10BrFO2. The van der Waals surface area contributed by atoms with Crippen LogP contribution in [0.25, 0.3) is 11.0 Å². The number of fused-ring (bicyclic) bond motifs is 1. The van der Waals surface area contributed by atoms with Crippen LogP contribution in [0.3, 0.4) is 0 Å². The van der Waals surface area contributed by atoms with Crippen molar-refractivity contribution in [1.29, 1.82) is 0 Å². The van der Waals surface area contributed by atoms with Gasteiger partial charge in [0.2, 0.25) is 0 Å². The second-order valence-corrected chi connectivity index (χ2v) is 5.34. The molecular weight excluding hydrogens is 323 g/mol. The summed E-state index contributed by atoms with van der Waals surface area (Å²) in [5, 5.41) is 0.802. The number of Topliss-reactive ketones (excluding diaryl/α,β-unsaturated/α-hetero) is 1. The third-order valence-electron chi connectivity index (χ3n) is 3.15. The maximum Gasteiger partial charge on any atom is 0.171 e. The van der Waals surface area contributed by atoms with Crippen molar-refractivity contribution >= 4 is 32.7 Å². The number of para-hydroxylation sites is 1. The Kier molecular flexibility index (Phi) is 3.40. The molecule has 0 radical (unpaired) electrons. The average molecular weight is 333 g/mol. The van der Waals surface area contributed by atoms with Crippen molar-refractivity contribution in [2.45, 2.75) is 6.42 Å². The second kappa shape index (κ2) is 5.21. The molecule has 4 heteroatoms. The Morgan fingerprint density at radius 1 is 1.20 bits per heavy atom. The molecule has 1 aromatic heterocycles. The highest BCUT2D eigenvalue weighted by Crippen LogP contribution is 2.24. The van der Waals surface area contributed by atoms with Crippen LogP contribution in [0, 0.1) is 5.82 Å². The quantitative estimate of drug-likeness (QED) is 0.647. The van der Waals surface area contributed by atoms with Gasteiger partial charge in [-0.05, 0) is 23.8 Å². The zero-order chi connectivity index (χ0) is 14.1. The van der Waals surface area contributed by atoms with Crippen LogP contribution in [0.1, 0.15) is 15.9 Å². The van der Waals surface area contributed by atoms with E-state index >= 15 is 0 Å². The summed E-state index contributed by atoms with van der Waals surface area (Å²) in [5.41, 5.74) is 1.99. The number of furan rings is 1. The van der Waals surface area contributed by atoms with E-state index in [0.29, 0.717) is 15.6 Å². The maximum absolute atomic E-state index is 13.0. The highest BCUT2D eigenvalue weighted by Gasteiger charge is 2.15. The zero-order valence-electron chi connectivity index (χ0n) is 10.4. The molecule has 2 nitrogen and oxygen atoms in total. The average Bonchev–Trinajstić information content (AvgIpc) is 2.86. The molecule has 0 aliphatic heterocycles. The Hall–Kier alpha value is -1.94. The minimum absolute atomic E-state index is 0.0535. The molecule has 0 aliphatic rings. The van der Waals surface area contributed by atoms with Gasteiger partial charge in [-0.15, -0.1) is 0 Å². The van der Waals surface area contributed by atoms with E-state index < -0.39 is 0 Å². The summed E-state index contributed by atoms with van der Waals surface area (Å²) < 4.78 is 19.0. The van der Waals surface area contributed by atoms with Crippen LogP contribution in [-0.2, 0) is 6.42 Å². The van der Waals surface area contributed by atoms with E-state index in [9.17, 15) is 9.18 Å². The fraction of sp³-hybridized carbons (Fsp3) is 0.0625. The van der Waals surface area contributed by atoms with E-state index in [1.54, 1.807) is 6.07 Å². The lowest BCUT2D eigenvalue weighted by molar-refractivity contribution is 0.0993. The number of ketones is 1. The molecule has 0 amide bonds. The topological polar surface area (TPSA) is 30.2 Å². The largest absolute Gasteiger partial charge is 0.464 e. The minimum Gasteiger partial charge on any atom is -0.464 e. The Morgan fingerprint density at radius 2 is 2.00 bits per heavy atom. The van der Waals surface area contributed by atoms with Gasteiger partial charge in [0.15, 0.2) is 5.78 Å². The third kappa shape index (κ3) is 2.39. The molecule has 3 aromatic rings. The van der Waals surface area contributed by atoms with Crippen LogP contribution >= 0.6 is 15.9 Å². The van der Waals surface area contributed by atoms with Crippen LogP contribution < -0.4 is 0 Å². The first-order valence-electron chi connectivity index (χ1n) is 6.08. The fourth-order valence-corrected chi connectivity index (χ4v) is 2.62. The number of hydrogen-bond donors (Lipinski definition) is 0. The molecule has 100 valence electrons. The number of rotatable bonds is 3. The second-order valence-electron chi connectivity index (χ2n) is 4.48. The van der Waals surface area contributed by atoms with Gasteiger partial charge >= 0.3 is 0 Å². The summed E-state index contributed by atoms with van der Waals surface area (Å²) >= 11 is 3.27. The molecule has 0 aliphatic carbocycles. The van der Waals surface area contributed by atoms with Crippen LogP contribution in [0.5, 0.6) is 0 Å². The number of carbonyl (C=O) groups excluding carboxylic acids is 1. The van der Waals surface area contributed by atoms with Gasteiger partial charge in [-0.2, -0.15) is 0 Å². The number of benzene rings is 2. The van der Waals surface area contributed by atoms with Crippen molar-refractivity contribution in [1.82, 2.24) is 0 Å². The Balaban J connectivity index is 1.93. The lowest BCUT2D eigenvalue weighted by atomic mass is 10.0. The predicted octanol–water partition coefficient (Wildman–Crippen LogP) is 4.76. The minimum atomic E-state index is -0.332. The summed E-state index contributed by atoms with van der Waals surface area (Å²) in [5.74, 6) is -0.385. The lowest BCUT2D eigenvalue weighted by Gasteiger charge is -2.03. The summed E-state index contributed by atoms with van der Waals surface area (Å²) in [6.07, 6.45) is 1.68. The normalized spacial score (nSPS) is 10.9. The van der Waals surface area contributed by atoms with E-state index in [0.717, 1.165) is 10.9 Å². The van der Waals surface area contributed by atoms with Crippen molar-refractivity contribution < 1.29 is 13.6 Å². The first-order valence-corrected chi connectivity index (χ1v) is 6.88. The van der Waals surface area contributed by atoms with Gasteiger partial charge in [0.05, 0.1) is 5.56 Å². The molecule has 1 heterocycles. The van der Waals surface area contributed by atoms with Gasteiger partial charge in [0.1, 0.15) is 17.7 Å². The highest BCUT2D eigenvalue weighted by atomic mass is 79.9. The van der Waals surface area contributed by atoms with Gasteiger partial charge in [0, 0.05) is 16.3 Å². The van der Waals surface area contributed by atoms with Gasteiger partial charge in [0.25, 0.3) is 0 Å². The number of carbonyl (C=O) groups is 1. The summed E-state index contributed by atoms with van der Waals surface area (Å²) in [7, 11) is 0. The monoisotopic (exact) mass is 332 g/mol. The standard InChI is InChI=1S/C16H10BrFO2/c17-14-8-11(18)6-5-10(14)7-15(19)13-9-20-16-4-2-1-3-12(13)16/h1-6,8-9H,7H2. The van der Waals surface area contributed by atoms with Crippen molar-refractivity contribution in [2.24, 2.45) is 0 Å². The molecule has 2 aromatic carbocycles. The van der Waals surface area contributed by atoms with Crippen LogP contribution in [0.4, 0.5) is 4.39 Å². The predicted molar refractivity (Wildman–Crippen MR) is 78.3 cm³/mol. The van der Waals surface area contributed by atoms with Crippen molar-refractivity contribution in [3.63, 3.8) is 0 Å². The molecule has 0 spiro atoms. The zero-order valence-corrected chi connectivity index (χ0v) is 12.0. The van der Waals surface area contributed by atoms with Crippen molar-refractivity contribution in [2.75, 3.05) is 0 Å². The Morgan fingerprint density at radius 3 is 2.80 bits per heavy atom. The molecule has 0 saturated carbocycles. The van der Waals surface area contributed by atoms with Crippen molar-refractivity contribution in [3.8, 4) is 0 Å². The van der Waals surface area contributed by atoms with E-state index in [1.807, 2.05) is 24.3 Å². The van der Waals surface area contributed by atoms with Crippen LogP contribution in [-0.4, -0.2) is 5.78 Å². The van der Waals surface area contributed by atoms with Crippen LogP contribution in [0.15, 0.2) is 57.6 Å². The number of hydrogen-bond acceptors (Lipinski definition) is 2. The Bertz CT molecular complexity index is 792. The maximum atomic E-state index is 13.0. The van der Waals surface area contributed by atoms with Crippen molar-refractivity contribution in [3.05, 3.63) is 70.1 Å². The molecule has 0 saturated heterocycles. The van der Waals surface area contributed by atoms with Gasteiger partial charge in [-0.1, -0.05) is 40.2 Å². The van der Waals surface area contributed by atoms with E-state index in [1.165, 1.54) is 18.4 Å². The van der Waals surface area contributed by atoms with Crippen LogP contribution in [0.2, 0.25) is 0 Å². The molecule has 0 unspecified atom stereocenters. The molecule has 0 fully saturated rings. The summed E-state index contributed by atoms with van der Waals surface area (Å²) in [6, 6.07) is 11.7. The summed E-state index contributed by atoms with van der Waals surface area (Å²) in [4.78, 5) is 12.4. The van der Waals surface area contributed by atoms with Gasteiger partial charge < -0.3 is 4.42 Å². The SMILES string of the molecule is O=C(Cc1ccc(F)cc1Br)c1coc2ccccc12. The van der Waals surface area contributed by atoms with Gasteiger partial charge in [-0.3, -0.25) is 4.79 Å². The van der Waals surface area contributed by atoms with E-state index in [4.69, 9.17) is 4.42 Å². The molecule has 0 bridgehead atoms. The highest BCUT2D eigenvalue weighted by molar-refractivity contribution is 9.10. The van der Waals surface area contributed by atoms with E-state index in [2.05, 4.69) is 15.9 Å². The first kappa shape index (κ1) is 13.1.